The molecule has 2 fully saturated rings. The first-order valence-electron chi connectivity index (χ1n) is 9.09. The molecule has 10 heteroatoms. The first-order valence-corrected chi connectivity index (χ1v) is 12.2. The second kappa shape index (κ2) is 6.26. The number of nitrogens with zero attached hydrogens (tertiary/aromatic N) is 2. The molecule has 2 aromatic rings. The zero-order valence-electron chi connectivity index (χ0n) is 14.6. The van der Waals surface area contributed by atoms with Crippen LogP contribution in [0, 0.1) is 5.92 Å². The molecule has 7 nitrogen and oxygen atoms in total. The molecule has 0 atom stereocenters. The summed E-state index contributed by atoms with van der Waals surface area (Å²) >= 11 is 2.64. The van der Waals surface area contributed by atoms with Crippen LogP contribution in [-0.2, 0) is 15.6 Å². The highest BCUT2D eigenvalue weighted by molar-refractivity contribution is 7.91. The molecule has 144 valence electrons. The third-order valence-electron chi connectivity index (χ3n) is 5.54. The summed E-state index contributed by atoms with van der Waals surface area (Å²) < 4.78 is 27.4. The van der Waals surface area contributed by atoms with Gasteiger partial charge in [-0.2, -0.15) is 4.31 Å². The molecule has 2 aromatic heterocycles. The van der Waals surface area contributed by atoms with Gasteiger partial charge in [0, 0.05) is 19.6 Å². The Morgan fingerprint density at radius 3 is 2.78 bits per heavy atom. The first kappa shape index (κ1) is 17.6. The number of piperidine rings is 1. The monoisotopic (exact) mass is 424 g/mol. The predicted octanol–water partition coefficient (Wildman–Crippen LogP) is 2.45. The molecule has 0 bridgehead atoms. The fourth-order valence-corrected chi connectivity index (χ4v) is 7.32. The zero-order chi connectivity index (χ0) is 18.6. The Hall–Kier alpha value is -1.49. The van der Waals surface area contributed by atoms with Crippen LogP contribution in [0.2, 0.25) is 0 Å². The normalized spacial score (nSPS) is 22.0. The Morgan fingerprint density at radius 1 is 1.33 bits per heavy atom. The first-order chi connectivity index (χ1) is 13.0. The molecule has 1 saturated carbocycles. The molecule has 2 N–H and O–H groups in total. The number of nitrogens with one attached hydrogen (secondary N) is 2. The van der Waals surface area contributed by atoms with Crippen molar-refractivity contribution in [3.05, 3.63) is 28.1 Å². The Balaban J connectivity index is 1.35. The minimum atomic E-state index is -3.45. The molecule has 0 aromatic carbocycles. The summed E-state index contributed by atoms with van der Waals surface area (Å²) in [6, 6.07) is 3.38. The Labute approximate surface area is 165 Å². The number of amides is 1. The van der Waals surface area contributed by atoms with Gasteiger partial charge < -0.3 is 10.6 Å². The van der Waals surface area contributed by atoms with Crippen molar-refractivity contribution in [1.29, 1.82) is 0 Å². The third kappa shape index (κ3) is 2.98. The van der Waals surface area contributed by atoms with Gasteiger partial charge in [-0.15, -0.1) is 11.3 Å². The maximum atomic E-state index is 12.7. The zero-order valence-corrected chi connectivity index (χ0v) is 17.1. The van der Waals surface area contributed by atoms with E-state index in [4.69, 9.17) is 4.98 Å². The van der Waals surface area contributed by atoms with E-state index in [1.807, 2.05) is 0 Å². The van der Waals surface area contributed by atoms with Crippen LogP contribution >= 0.6 is 22.7 Å². The molecule has 5 rings (SSSR count). The molecule has 0 unspecified atom stereocenters. The number of carbonyl (C=O) groups excluding carboxylic acids is 1. The molecule has 1 aliphatic carbocycles. The van der Waals surface area contributed by atoms with Crippen molar-refractivity contribution in [3.8, 4) is 0 Å². The van der Waals surface area contributed by atoms with E-state index in [2.05, 4.69) is 10.6 Å². The predicted molar refractivity (Wildman–Crippen MR) is 105 cm³/mol. The second-order valence-electron chi connectivity index (χ2n) is 7.39. The topological polar surface area (TPSA) is 91.4 Å². The molecular weight excluding hydrogens is 404 g/mol. The van der Waals surface area contributed by atoms with Gasteiger partial charge in [-0.25, -0.2) is 13.4 Å². The number of thiazole rings is 1. The number of anilines is 1. The fourth-order valence-electron chi connectivity index (χ4n) is 3.77. The van der Waals surface area contributed by atoms with Crippen molar-refractivity contribution >= 4 is 43.7 Å². The SMILES string of the molecule is O=C1NC2(CCN(S(=O)(=O)c3cccs3)CC2)c2nc(NCC3CC3)sc21. The molecule has 27 heavy (non-hydrogen) atoms. The summed E-state index contributed by atoms with van der Waals surface area (Å²) in [5, 5.41) is 9.01. The molecule has 0 radical (unpaired) electrons. The minimum absolute atomic E-state index is 0.0865. The van der Waals surface area contributed by atoms with Gasteiger partial charge >= 0.3 is 0 Å². The molecule has 1 spiro atoms. The van der Waals surface area contributed by atoms with Gasteiger partial charge in [-0.3, -0.25) is 4.79 Å². The molecular formula is C17H20N4O3S3. The lowest BCUT2D eigenvalue weighted by Gasteiger charge is -2.38. The van der Waals surface area contributed by atoms with Crippen LogP contribution in [0.25, 0.3) is 0 Å². The molecule has 1 saturated heterocycles. The Bertz CT molecular complexity index is 971. The quantitative estimate of drug-likeness (QED) is 0.769. The van der Waals surface area contributed by atoms with Gasteiger partial charge in [0.1, 0.15) is 9.09 Å². The van der Waals surface area contributed by atoms with Crippen molar-refractivity contribution in [2.75, 3.05) is 25.0 Å². The summed E-state index contributed by atoms with van der Waals surface area (Å²) in [6.07, 6.45) is 3.61. The van der Waals surface area contributed by atoms with Gasteiger partial charge in [-0.1, -0.05) is 17.4 Å². The lowest BCUT2D eigenvalue weighted by atomic mass is 9.87. The summed E-state index contributed by atoms with van der Waals surface area (Å²) in [6.45, 7) is 1.67. The Morgan fingerprint density at radius 2 is 2.11 bits per heavy atom. The van der Waals surface area contributed by atoms with Crippen molar-refractivity contribution < 1.29 is 13.2 Å². The fraction of sp³-hybridized carbons (Fsp3) is 0.529. The van der Waals surface area contributed by atoms with Crippen LogP contribution in [0.3, 0.4) is 0 Å². The summed E-state index contributed by atoms with van der Waals surface area (Å²) in [7, 11) is -3.45. The van der Waals surface area contributed by atoms with Crippen LogP contribution in [-0.4, -0.2) is 43.2 Å². The van der Waals surface area contributed by atoms with E-state index in [-0.39, 0.29) is 5.91 Å². The number of hydrogen-bond donors (Lipinski definition) is 2. The van der Waals surface area contributed by atoms with Crippen LogP contribution in [0.4, 0.5) is 5.13 Å². The number of fused-ring (bicyclic) bond motifs is 2. The van der Waals surface area contributed by atoms with Crippen molar-refractivity contribution in [2.24, 2.45) is 5.92 Å². The van der Waals surface area contributed by atoms with Gasteiger partial charge in [0.25, 0.3) is 15.9 Å². The molecule has 4 heterocycles. The van der Waals surface area contributed by atoms with Crippen LogP contribution in [0.1, 0.15) is 41.0 Å². The average Bonchev–Trinajstić information content (AvgIpc) is 3.08. The Kier molecular flexibility index (Phi) is 4.08. The van der Waals surface area contributed by atoms with Gasteiger partial charge in [0.15, 0.2) is 5.13 Å². The second-order valence-corrected chi connectivity index (χ2v) is 11.5. The van der Waals surface area contributed by atoms with E-state index in [0.29, 0.717) is 35.0 Å². The minimum Gasteiger partial charge on any atom is -0.361 e. The summed E-state index contributed by atoms with van der Waals surface area (Å²) in [5.41, 5.74) is 0.258. The van der Waals surface area contributed by atoms with Crippen LogP contribution in [0.15, 0.2) is 21.7 Å². The van der Waals surface area contributed by atoms with Crippen LogP contribution in [0.5, 0.6) is 0 Å². The molecule has 1 amide bonds. The van der Waals surface area contributed by atoms with Crippen molar-refractivity contribution in [2.45, 2.75) is 35.4 Å². The van der Waals surface area contributed by atoms with Crippen molar-refractivity contribution in [1.82, 2.24) is 14.6 Å². The van der Waals surface area contributed by atoms with E-state index in [9.17, 15) is 13.2 Å². The number of hydrogen-bond acceptors (Lipinski definition) is 7. The lowest BCUT2D eigenvalue weighted by molar-refractivity contribution is 0.0900. The maximum absolute atomic E-state index is 12.7. The highest BCUT2D eigenvalue weighted by atomic mass is 32.2. The van der Waals surface area contributed by atoms with E-state index < -0.39 is 15.6 Å². The van der Waals surface area contributed by atoms with E-state index in [0.717, 1.165) is 23.3 Å². The smallest absolute Gasteiger partial charge is 0.264 e. The highest BCUT2D eigenvalue weighted by Crippen LogP contribution is 2.43. The van der Waals surface area contributed by atoms with Gasteiger partial charge in [0.05, 0.1) is 11.2 Å². The van der Waals surface area contributed by atoms with E-state index in [1.54, 1.807) is 17.5 Å². The molecule has 3 aliphatic rings. The highest BCUT2D eigenvalue weighted by Gasteiger charge is 2.49. The summed E-state index contributed by atoms with van der Waals surface area (Å²) in [4.78, 5) is 17.9. The average molecular weight is 425 g/mol. The lowest BCUT2D eigenvalue weighted by Crippen LogP contribution is -2.50. The number of rotatable bonds is 5. The standard InChI is InChI=1S/C17H20N4O3S3/c22-15-13-14(19-16(26-13)18-10-11-3-4-11)17(20-15)5-7-21(8-6-17)27(23,24)12-2-1-9-25-12/h1-2,9,11H,3-8,10H2,(H,18,19)(H,20,22). The van der Waals surface area contributed by atoms with Crippen LogP contribution < -0.4 is 10.6 Å². The third-order valence-corrected chi connectivity index (χ3v) is 9.83. The number of sulfonamides is 1. The van der Waals surface area contributed by atoms with E-state index in [1.165, 1.54) is 39.8 Å². The molecule has 2 aliphatic heterocycles. The van der Waals surface area contributed by atoms with E-state index >= 15 is 0 Å². The largest absolute Gasteiger partial charge is 0.361 e. The van der Waals surface area contributed by atoms with Gasteiger partial charge in [0.2, 0.25) is 0 Å². The number of aromatic nitrogens is 1. The van der Waals surface area contributed by atoms with Crippen molar-refractivity contribution in [3.63, 3.8) is 0 Å². The van der Waals surface area contributed by atoms with Gasteiger partial charge in [-0.05, 0) is 43.0 Å². The number of thiophene rings is 1. The number of carbonyl (C=O) groups is 1. The maximum Gasteiger partial charge on any atom is 0.264 e. The summed E-state index contributed by atoms with van der Waals surface area (Å²) in [5.74, 6) is 0.647.